The number of nitrogens with zero attached hydrogens (tertiary/aromatic N) is 2. The van der Waals surface area contributed by atoms with Crippen LogP contribution in [0, 0.1) is 0 Å². The third-order valence-electron chi connectivity index (χ3n) is 4.49. The molecule has 2 aliphatic rings. The molecule has 0 saturated heterocycles. The molecule has 0 spiro atoms. The molecule has 0 unspecified atom stereocenters. The van der Waals surface area contributed by atoms with Crippen molar-refractivity contribution in [3.05, 3.63) is 59.9 Å². The summed E-state index contributed by atoms with van der Waals surface area (Å²) in [4.78, 5) is 8.55. The lowest BCUT2D eigenvalue weighted by Crippen LogP contribution is -2.05. The quantitative estimate of drug-likeness (QED) is 0.676. The van der Waals surface area contributed by atoms with Gasteiger partial charge in [0.15, 0.2) is 23.0 Å². The van der Waals surface area contributed by atoms with E-state index in [2.05, 4.69) is 20.6 Å². The molecular formula is C20H18N4O4. The van der Waals surface area contributed by atoms with Crippen LogP contribution in [0.4, 0.5) is 11.6 Å². The van der Waals surface area contributed by atoms with Crippen molar-refractivity contribution in [3.63, 3.8) is 0 Å². The number of hydrogen-bond donors (Lipinski definition) is 2. The predicted octanol–water partition coefficient (Wildman–Crippen LogP) is 3.16. The van der Waals surface area contributed by atoms with Gasteiger partial charge in [0.1, 0.15) is 18.0 Å². The van der Waals surface area contributed by atoms with Gasteiger partial charge in [0.05, 0.1) is 0 Å². The molecule has 0 saturated carbocycles. The van der Waals surface area contributed by atoms with E-state index in [0.717, 1.165) is 45.8 Å². The molecule has 3 aromatic rings. The van der Waals surface area contributed by atoms with Gasteiger partial charge in [0.25, 0.3) is 0 Å². The smallest absolute Gasteiger partial charge is 0.231 e. The Morgan fingerprint density at radius 1 is 0.643 bits per heavy atom. The Bertz CT molecular complexity index is 934. The molecule has 3 heterocycles. The van der Waals surface area contributed by atoms with Crippen molar-refractivity contribution in [2.75, 3.05) is 24.2 Å². The van der Waals surface area contributed by atoms with Crippen molar-refractivity contribution < 1.29 is 18.9 Å². The zero-order chi connectivity index (χ0) is 18.8. The lowest BCUT2D eigenvalue weighted by molar-refractivity contribution is 0.173. The van der Waals surface area contributed by atoms with E-state index in [1.807, 2.05) is 42.5 Å². The molecule has 28 heavy (non-hydrogen) atoms. The molecule has 0 radical (unpaired) electrons. The van der Waals surface area contributed by atoms with E-state index in [1.54, 1.807) is 0 Å². The fourth-order valence-corrected chi connectivity index (χ4v) is 3.04. The zero-order valence-corrected chi connectivity index (χ0v) is 15.0. The number of aromatic nitrogens is 2. The second-order valence-corrected chi connectivity index (χ2v) is 6.37. The first-order chi connectivity index (χ1) is 13.8. The van der Waals surface area contributed by atoms with Crippen molar-refractivity contribution in [1.82, 2.24) is 9.97 Å². The van der Waals surface area contributed by atoms with E-state index in [4.69, 9.17) is 18.9 Å². The summed E-state index contributed by atoms with van der Waals surface area (Å²) in [5.74, 6) is 4.57. The average molecular weight is 378 g/mol. The van der Waals surface area contributed by atoms with Crippen molar-refractivity contribution in [3.8, 4) is 23.0 Å². The average Bonchev–Trinajstić information content (AvgIpc) is 3.39. The summed E-state index contributed by atoms with van der Waals surface area (Å²) in [6.07, 6.45) is 1.53. The Hall–Kier alpha value is -3.68. The second kappa shape index (κ2) is 7.15. The first kappa shape index (κ1) is 16.5. The standard InChI is InChI=1S/C20H18N4O4/c1-3-15-17(27-11-25-15)5-13(1)8-21-19-7-20(24-10-23-19)22-9-14-2-4-16-18(6-14)28-12-26-16/h1-7,10H,8-9,11-12H2,(H2,21,22,23,24). The molecule has 8 nitrogen and oxygen atoms in total. The van der Waals surface area contributed by atoms with E-state index < -0.39 is 0 Å². The van der Waals surface area contributed by atoms with Gasteiger partial charge in [-0.25, -0.2) is 9.97 Å². The maximum atomic E-state index is 5.41. The fraction of sp³-hybridized carbons (Fsp3) is 0.200. The summed E-state index contributed by atoms with van der Waals surface area (Å²) in [7, 11) is 0. The maximum absolute atomic E-state index is 5.41. The fourth-order valence-electron chi connectivity index (χ4n) is 3.04. The maximum Gasteiger partial charge on any atom is 0.231 e. The monoisotopic (exact) mass is 378 g/mol. The van der Waals surface area contributed by atoms with Crippen LogP contribution in [-0.2, 0) is 13.1 Å². The van der Waals surface area contributed by atoms with Gasteiger partial charge in [-0.15, -0.1) is 0 Å². The molecule has 1 aromatic heterocycles. The first-order valence-corrected chi connectivity index (χ1v) is 8.90. The van der Waals surface area contributed by atoms with Crippen LogP contribution in [0.15, 0.2) is 48.8 Å². The number of fused-ring (bicyclic) bond motifs is 2. The van der Waals surface area contributed by atoms with E-state index in [-0.39, 0.29) is 13.6 Å². The van der Waals surface area contributed by atoms with Crippen LogP contribution in [-0.4, -0.2) is 23.6 Å². The van der Waals surface area contributed by atoms with Crippen LogP contribution in [0.1, 0.15) is 11.1 Å². The summed E-state index contributed by atoms with van der Waals surface area (Å²) >= 11 is 0. The topological polar surface area (TPSA) is 86.8 Å². The number of ether oxygens (including phenoxy) is 4. The molecule has 0 atom stereocenters. The number of anilines is 2. The molecule has 5 rings (SSSR count). The van der Waals surface area contributed by atoms with Gasteiger partial charge in [-0.2, -0.15) is 0 Å². The molecule has 2 N–H and O–H groups in total. The number of rotatable bonds is 6. The van der Waals surface area contributed by atoms with Gasteiger partial charge in [-0.05, 0) is 35.4 Å². The van der Waals surface area contributed by atoms with E-state index >= 15 is 0 Å². The largest absolute Gasteiger partial charge is 0.454 e. The van der Waals surface area contributed by atoms with E-state index in [9.17, 15) is 0 Å². The van der Waals surface area contributed by atoms with Gasteiger partial charge in [-0.1, -0.05) is 12.1 Å². The third kappa shape index (κ3) is 3.44. The van der Waals surface area contributed by atoms with Crippen LogP contribution in [0.2, 0.25) is 0 Å². The summed E-state index contributed by atoms with van der Waals surface area (Å²) in [6.45, 7) is 1.79. The molecule has 142 valence electrons. The molecule has 0 aliphatic carbocycles. The van der Waals surface area contributed by atoms with E-state index in [1.165, 1.54) is 6.33 Å². The highest BCUT2D eigenvalue weighted by Gasteiger charge is 2.14. The number of nitrogens with one attached hydrogen (secondary N) is 2. The zero-order valence-electron chi connectivity index (χ0n) is 15.0. The lowest BCUT2D eigenvalue weighted by atomic mass is 10.2. The van der Waals surface area contributed by atoms with Crippen LogP contribution in [0.25, 0.3) is 0 Å². The van der Waals surface area contributed by atoms with Crippen molar-refractivity contribution in [2.24, 2.45) is 0 Å². The SMILES string of the molecule is c1nc(NCc2ccc3c(c2)OCO3)cc(NCc2ccc3c(c2)OCO3)n1. The Kier molecular flexibility index (Phi) is 4.21. The Labute approximate surface area is 161 Å². The molecule has 2 aliphatic heterocycles. The number of benzene rings is 2. The van der Waals surface area contributed by atoms with Gasteiger partial charge in [0.2, 0.25) is 13.6 Å². The van der Waals surface area contributed by atoms with Crippen LogP contribution < -0.4 is 29.6 Å². The summed E-state index contributed by atoms with van der Waals surface area (Å²) < 4.78 is 21.5. The molecule has 8 heteroatoms. The highest BCUT2D eigenvalue weighted by atomic mass is 16.7. The minimum atomic E-state index is 0.274. The highest BCUT2D eigenvalue weighted by molar-refractivity contribution is 5.50. The minimum Gasteiger partial charge on any atom is -0.454 e. The summed E-state index contributed by atoms with van der Waals surface area (Å²) in [6, 6.07) is 13.6. The van der Waals surface area contributed by atoms with E-state index in [0.29, 0.717) is 13.1 Å². The predicted molar refractivity (Wildman–Crippen MR) is 102 cm³/mol. The molecule has 2 aromatic carbocycles. The minimum absolute atomic E-state index is 0.274. The molecule has 0 fully saturated rings. The molecular weight excluding hydrogens is 360 g/mol. The normalized spacial score (nSPS) is 13.4. The summed E-state index contributed by atoms with van der Waals surface area (Å²) in [5.41, 5.74) is 2.16. The Morgan fingerprint density at radius 3 is 1.68 bits per heavy atom. The van der Waals surface area contributed by atoms with Crippen LogP contribution in [0.3, 0.4) is 0 Å². The Morgan fingerprint density at radius 2 is 1.14 bits per heavy atom. The molecule has 0 bridgehead atoms. The van der Waals surface area contributed by atoms with Crippen molar-refractivity contribution >= 4 is 11.6 Å². The Balaban J connectivity index is 1.20. The van der Waals surface area contributed by atoms with Crippen LogP contribution >= 0.6 is 0 Å². The van der Waals surface area contributed by atoms with Gasteiger partial charge >= 0.3 is 0 Å². The number of hydrogen-bond acceptors (Lipinski definition) is 8. The van der Waals surface area contributed by atoms with Crippen molar-refractivity contribution in [1.29, 1.82) is 0 Å². The second-order valence-electron chi connectivity index (χ2n) is 6.37. The summed E-state index contributed by atoms with van der Waals surface area (Å²) in [5, 5.41) is 6.60. The highest BCUT2D eigenvalue weighted by Crippen LogP contribution is 2.33. The van der Waals surface area contributed by atoms with Gasteiger partial charge < -0.3 is 29.6 Å². The van der Waals surface area contributed by atoms with Gasteiger partial charge in [-0.3, -0.25) is 0 Å². The third-order valence-corrected chi connectivity index (χ3v) is 4.49. The van der Waals surface area contributed by atoms with Gasteiger partial charge in [0, 0.05) is 19.2 Å². The molecule has 0 amide bonds. The van der Waals surface area contributed by atoms with Crippen LogP contribution in [0.5, 0.6) is 23.0 Å². The lowest BCUT2D eigenvalue weighted by Gasteiger charge is -2.09. The van der Waals surface area contributed by atoms with Crippen molar-refractivity contribution in [2.45, 2.75) is 13.1 Å². The first-order valence-electron chi connectivity index (χ1n) is 8.90.